The Morgan fingerprint density at radius 1 is 1.54 bits per heavy atom. The second kappa shape index (κ2) is 4.69. The van der Waals surface area contributed by atoms with E-state index >= 15 is 0 Å². The molecule has 1 rings (SSSR count). The predicted molar refractivity (Wildman–Crippen MR) is 53.6 cm³/mol. The molecule has 1 aromatic carbocycles. The number of nitrogens with two attached hydrogens (primary N) is 1. The van der Waals surface area contributed by atoms with E-state index in [1.54, 1.807) is 0 Å². The number of halogens is 2. The van der Waals surface area contributed by atoms with Crippen molar-refractivity contribution in [2.45, 2.75) is 4.90 Å². The first kappa shape index (κ1) is 10.6. The van der Waals surface area contributed by atoms with E-state index in [-0.39, 0.29) is 11.6 Å². The fourth-order valence-electron chi connectivity index (χ4n) is 0.825. The summed E-state index contributed by atoms with van der Waals surface area (Å²) in [7, 11) is 0. The molecule has 1 aromatic rings. The molecule has 3 N–H and O–H groups in total. The van der Waals surface area contributed by atoms with Gasteiger partial charge in [-0.05, 0) is 12.1 Å². The highest BCUT2D eigenvalue weighted by Gasteiger charge is 2.05. The normalized spacial score (nSPS) is 10.4. The van der Waals surface area contributed by atoms with Gasteiger partial charge in [0.15, 0.2) is 0 Å². The number of benzene rings is 1. The van der Waals surface area contributed by atoms with Crippen molar-refractivity contribution < 1.29 is 9.50 Å². The molecule has 0 saturated heterocycles. The molecule has 0 aliphatic carbocycles. The molecule has 72 valence electrons. The number of thioether (sulfide) groups is 1. The van der Waals surface area contributed by atoms with Gasteiger partial charge in [-0.25, -0.2) is 4.39 Å². The van der Waals surface area contributed by atoms with Crippen molar-refractivity contribution in [2.24, 2.45) is 0 Å². The maximum Gasteiger partial charge on any atom is 0.143 e. The smallest absolute Gasteiger partial charge is 0.143 e. The summed E-state index contributed by atoms with van der Waals surface area (Å²) in [5.74, 6) is -0.000818. The number of hydrogen-bond donors (Lipinski definition) is 2. The van der Waals surface area contributed by atoms with Crippen LogP contribution in [0.15, 0.2) is 17.0 Å². The highest BCUT2D eigenvalue weighted by atomic mass is 35.5. The predicted octanol–water partition coefficient (Wildman–Crippen LogP) is 2.15. The van der Waals surface area contributed by atoms with Crippen LogP contribution in [0.1, 0.15) is 0 Å². The molecule has 0 unspecified atom stereocenters. The van der Waals surface area contributed by atoms with Crippen molar-refractivity contribution in [3.8, 4) is 0 Å². The summed E-state index contributed by atoms with van der Waals surface area (Å²) in [6.45, 7) is 0.0547. The summed E-state index contributed by atoms with van der Waals surface area (Å²) >= 11 is 6.90. The van der Waals surface area contributed by atoms with Gasteiger partial charge in [0.25, 0.3) is 0 Å². The van der Waals surface area contributed by atoms with E-state index in [2.05, 4.69) is 0 Å². The van der Waals surface area contributed by atoms with E-state index in [9.17, 15) is 4.39 Å². The van der Waals surface area contributed by atoms with Crippen LogP contribution in [0.2, 0.25) is 5.02 Å². The summed E-state index contributed by atoms with van der Waals surface area (Å²) in [6.07, 6.45) is 0. The van der Waals surface area contributed by atoms with Crippen LogP contribution in [0, 0.1) is 5.82 Å². The average molecular weight is 222 g/mol. The van der Waals surface area contributed by atoms with Crippen molar-refractivity contribution in [1.29, 1.82) is 0 Å². The highest BCUT2D eigenvalue weighted by molar-refractivity contribution is 7.99. The Morgan fingerprint density at radius 3 is 2.85 bits per heavy atom. The van der Waals surface area contributed by atoms with Crippen LogP contribution in [0.4, 0.5) is 10.1 Å². The first-order valence-electron chi connectivity index (χ1n) is 3.63. The van der Waals surface area contributed by atoms with Crippen molar-refractivity contribution in [2.75, 3.05) is 18.1 Å². The molecule has 0 heterocycles. The Bertz CT molecular complexity index is 308. The SMILES string of the molecule is Nc1cc(F)c(Cl)cc1SCCO. The van der Waals surface area contributed by atoms with E-state index in [1.165, 1.54) is 23.9 Å². The van der Waals surface area contributed by atoms with Crippen LogP contribution in [0.25, 0.3) is 0 Å². The largest absolute Gasteiger partial charge is 0.398 e. The van der Waals surface area contributed by atoms with E-state index in [4.69, 9.17) is 22.4 Å². The quantitative estimate of drug-likeness (QED) is 0.607. The molecular formula is C8H9ClFNOS. The number of nitrogen functional groups attached to an aromatic ring is 1. The fourth-order valence-corrected chi connectivity index (χ4v) is 1.79. The Morgan fingerprint density at radius 2 is 2.23 bits per heavy atom. The molecule has 0 aromatic heterocycles. The van der Waals surface area contributed by atoms with Gasteiger partial charge < -0.3 is 10.8 Å². The molecule has 0 fully saturated rings. The first-order valence-corrected chi connectivity index (χ1v) is 4.99. The minimum absolute atomic E-state index is 0.0506. The van der Waals surface area contributed by atoms with E-state index in [1.807, 2.05) is 0 Å². The summed E-state index contributed by atoms with van der Waals surface area (Å²) in [4.78, 5) is 0.695. The van der Waals surface area contributed by atoms with Gasteiger partial charge in [0.1, 0.15) is 5.82 Å². The Balaban J connectivity index is 2.88. The third-order valence-corrected chi connectivity index (χ3v) is 2.74. The molecule has 13 heavy (non-hydrogen) atoms. The molecular weight excluding hydrogens is 213 g/mol. The molecule has 5 heteroatoms. The van der Waals surface area contributed by atoms with Gasteiger partial charge in [0.2, 0.25) is 0 Å². The zero-order chi connectivity index (χ0) is 9.84. The Kier molecular flexibility index (Phi) is 3.84. The van der Waals surface area contributed by atoms with Crippen molar-refractivity contribution >= 4 is 29.1 Å². The van der Waals surface area contributed by atoms with Crippen molar-refractivity contribution in [3.05, 3.63) is 23.0 Å². The molecule has 0 atom stereocenters. The van der Waals surface area contributed by atoms with Crippen LogP contribution in [0.5, 0.6) is 0 Å². The van der Waals surface area contributed by atoms with Crippen LogP contribution < -0.4 is 5.73 Å². The lowest BCUT2D eigenvalue weighted by Gasteiger charge is -2.05. The first-order chi connectivity index (χ1) is 6.15. The van der Waals surface area contributed by atoms with E-state index in [0.717, 1.165) is 0 Å². The van der Waals surface area contributed by atoms with Gasteiger partial charge in [0, 0.05) is 16.3 Å². The second-order valence-corrected chi connectivity index (χ2v) is 3.92. The van der Waals surface area contributed by atoms with Crippen molar-refractivity contribution in [1.82, 2.24) is 0 Å². The topological polar surface area (TPSA) is 46.2 Å². The maximum atomic E-state index is 12.8. The zero-order valence-electron chi connectivity index (χ0n) is 6.76. The third-order valence-electron chi connectivity index (χ3n) is 1.40. The molecule has 0 bridgehead atoms. The van der Waals surface area contributed by atoms with Crippen LogP contribution in [-0.2, 0) is 0 Å². The van der Waals surface area contributed by atoms with Gasteiger partial charge in [-0.1, -0.05) is 11.6 Å². The number of aliphatic hydroxyl groups is 1. The molecule has 0 spiro atoms. The Hall–Kier alpha value is -0.450. The summed E-state index contributed by atoms with van der Waals surface area (Å²) in [5.41, 5.74) is 5.88. The van der Waals surface area contributed by atoms with Gasteiger partial charge in [0.05, 0.1) is 11.6 Å². The minimum atomic E-state index is -0.521. The second-order valence-electron chi connectivity index (χ2n) is 2.38. The average Bonchev–Trinajstić information content (AvgIpc) is 2.09. The van der Waals surface area contributed by atoms with Gasteiger partial charge >= 0.3 is 0 Å². The maximum absolute atomic E-state index is 12.8. The Labute approximate surface area is 84.9 Å². The van der Waals surface area contributed by atoms with Crippen LogP contribution in [0.3, 0.4) is 0 Å². The van der Waals surface area contributed by atoms with E-state index in [0.29, 0.717) is 16.3 Å². The van der Waals surface area contributed by atoms with E-state index < -0.39 is 5.82 Å². The number of anilines is 1. The molecule has 0 aliphatic heterocycles. The van der Waals surface area contributed by atoms with Gasteiger partial charge in [-0.2, -0.15) is 0 Å². The summed E-state index contributed by atoms with van der Waals surface area (Å²) in [5, 5.41) is 8.62. The lowest BCUT2D eigenvalue weighted by molar-refractivity contribution is 0.322. The lowest BCUT2D eigenvalue weighted by atomic mass is 10.3. The number of rotatable bonds is 3. The zero-order valence-corrected chi connectivity index (χ0v) is 8.33. The van der Waals surface area contributed by atoms with Gasteiger partial charge in [-0.3, -0.25) is 0 Å². The van der Waals surface area contributed by atoms with Gasteiger partial charge in [-0.15, -0.1) is 11.8 Å². The standard InChI is InChI=1S/C8H9ClFNOS/c9-5-3-8(13-2-1-12)7(11)4-6(5)10/h3-4,12H,1-2,11H2. The highest BCUT2D eigenvalue weighted by Crippen LogP contribution is 2.29. The molecule has 0 aliphatic rings. The monoisotopic (exact) mass is 221 g/mol. The lowest BCUT2D eigenvalue weighted by Crippen LogP contribution is -1.93. The van der Waals surface area contributed by atoms with Crippen molar-refractivity contribution in [3.63, 3.8) is 0 Å². The summed E-state index contributed by atoms with van der Waals surface area (Å²) < 4.78 is 12.8. The number of hydrogen-bond acceptors (Lipinski definition) is 3. The molecule has 2 nitrogen and oxygen atoms in total. The molecule has 0 radical (unpaired) electrons. The third kappa shape index (κ3) is 2.76. The van der Waals surface area contributed by atoms with Crippen LogP contribution in [-0.4, -0.2) is 17.5 Å². The molecule has 0 saturated carbocycles. The molecule has 0 amide bonds. The number of aliphatic hydroxyl groups excluding tert-OH is 1. The minimum Gasteiger partial charge on any atom is -0.398 e. The summed E-state index contributed by atoms with van der Waals surface area (Å²) in [6, 6.07) is 2.65. The van der Waals surface area contributed by atoms with Crippen LogP contribution >= 0.6 is 23.4 Å². The fraction of sp³-hybridized carbons (Fsp3) is 0.250.